The summed E-state index contributed by atoms with van der Waals surface area (Å²) in [5.74, 6) is 0.126. The molecule has 1 aliphatic heterocycles. The Hall–Kier alpha value is -2.44. The molecule has 0 spiro atoms. The molecule has 0 aliphatic carbocycles. The van der Waals surface area contributed by atoms with Crippen LogP contribution >= 0.6 is 23.2 Å². The summed E-state index contributed by atoms with van der Waals surface area (Å²) in [5, 5.41) is 0.867. The van der Waals surface area contributed by atoms with E-state index in [9.17, 15) is 9.59 Å². The van der Waals surface area contributed by atoms with Crippen LogP contribution in [-0.2, 0) is 16.0 Å². The molecule has 1 heterocycles. The van der Waals surface area contributed by atoms with Gasteiger partial charge in [0, 0.05) is 10.0 Å². The molecule has 8 heteroatoms. The monoisotopic (exact) mass is 380 g/mol. The fraction of sp³-hybridized carbons (Fsp3) is 0.176. The van der Waals surface area contributed by atoms with Gasteiger partial charge in [-0.1, -0.05) is 41.4 Å². The standard InChI is InChI=1S/C17H14Cl2N2O4/c18-11-6-5-10(12(19)8-11)7-16(22)20-21-17(23)15-9-24-13-3-1-2-4-14(13)25-15/h1-6,8,15H,7,9H2,(H,20,22)(H,21,23). The number of rotatable bonds is 3. The summed E-state index contributed by atoms with van der Waals surface area (Å²) < 4.78 is 11.0. The van der Waals surface area contributed by atoms with Gasteiger partial charge >= 0.3 is 0 Å². The summed E-state index contributed by atoms with van der Waals surface area (Å²) in [6, 6.07) is 11.9. The molecule has 0 radical (unpaired) electrons. The van der Waals surface area contributed by atoms with Crippen molar-refractivity contribution >= 4 is 35.0 Å². The first-order valence-corrected chi connectivity index (χ1v) is 8.19. The second-order valence-corrected chi connectivity index (χ2v) is 6.16. The number of amides is 2. The third-order valence-electron chi connectivity index (χ3n) is 3.49. The van der Waals surface area contributed by atoms with Gasteiger partial charge in [0.15, 0.2) is 11.5 Å². The summed E-state index contributed by atoms with van der Waals surface area (Å²) in [6.07, 6.45) is -0.851. The maximum Gasteiger partial charge on any atom is 0.283 e. The Bertz CT molecular complexity index is 813. The van der Waals surface area contributed by atoms with Crippen molar-refractivity contribution in [3.63, 3.8) is 0 Å². The SMILES string of the molecule is O=C(Cc1ccc(Cl)cc1Cl)NNC(=O)C1COc2ccccc2O1. The number of para-hydroxylation sites is 2. The molecule has 0 fully saturated rings. The zero-order chi connectivity index (χ0) is 17.8. The Labute approximate surface area is 154 Å². The number of hydrazine groups is 1. The number of hydrogen-bond donors (Lipinski definition) is 2. The highest BCUT2D eigenvalue weighted by molar-refractivity contribution is 6.35. The number of carbonyl (C=O) groups is 2. The maximum absolute atomic E-state index is 12.1. The second-order valence-electron chi connectivity index (χ2n) is 5.31. The van der Waals surface area contributed by atoms with Crippen LogP contribution in [0.4, 0.5) is 0 Å². The van der Waals surface area contributed by atoms with Crippen molar-refractivity contribution in [2.75, 3.05) is 6.61 Å². The molecule has 1 atom stereocenters. The van der Waals surface area contributed by atoms with Gasteiger partial charge in [0.25, 0.3) is 5.91 Å². The van der Waals surface area contributed by atoms with Gasteiger partial charge in [-0.25, -0.2) is 0 Å². The molecule has 2 N–H and O–H groups in total. The van der Waals surface area contributed by atoms with Crippen LogP contribution in [0.5, 0.6) is 11.5 Å². The minimum Gasteiger partial charge on any atom is -0.485 e. The van der Waals surface area contributed by atoms with Crippen molar-refractivity contribution in [1.82, 2.24) is 10.9 Å². The molecule has 2 aromatic rings. The lowest BCUT2D eigenvalue weighted by Gasteiger charge is -2.25. The van der Waals surface area contributed by atoms with Gasteiger partial charge in [-0.15, -0.1) is 0 Å². The van der Waals surface area contributed by atoms with E-state index < -0.39 is 17.9 Å². The van der Waals surface area contributed by atoms with Crippen LogP contribution in [-0.4, -0.2) is 24.5 Å². The Morgan fingerprint density at radius 3 is 2.60 bits per heavy atom. The third kappa shape index (κ3) is 4.35. The summed E-state index contributed by atoms with van der Waals surface area (Å²) in [4.78, 5) is 24.0. The Morgan fingerprint density at radius 2 is 1.84 bits per heavy atom. The molecule has 0 bridgehead atoms. The van der Waals surface area contributed by atoms with Gasteiger partial charge in [0.05, 0.1) is 6.42 Å². The lowest BCUT2D eigenvalue weighted by atomic mass is 10.1. The molecular formula is C17H14Cl2N2O4. The number of benzene rings is 2. The molecule has 2 aromatic carbocycles. The number of ether oxygens (including phenoxy) is 2. The fourth-order valence-corrected chi connectivity index (χ4v) is 2.72. The van der Waals surface area contributed by atoms with Crippen molar-refractivity contribution in [3.8, 4) is 11.5 Å². The lowest BCUT2D eigenvalue weighted by molar-refractivity contribution is -0.134. The first-order valence-electron chi connectivity index (χ1n) is 7.44. The molecule has 25 heavy (non-hydrogen) atoms. The molecule has 2 amide bonds. The Balaban J connectivity index is 1.51. The maximum atomic E-state index is 12.1. The summed E-state index contributed by atoms with van der Waals surface area (Å²) in [5.41, 5.74) is 5.25. The summed E-state index contributed by atoms with van der Waals surface area (Å²) in [6.45, 7) is 0.0573. The van der Waals surface area contributed by atoms with E-state index in [0.717, 1.165) is 0 Å². The number of fused-ring (bicyclic) bond motifs is 1. The molecule has 6 nitrogen and oxygen atoms in total. The van der Waals surface area contributed by atoms with E-state index in [0.29, 0.717) is 27.1 Å². The van der Waals surface area contributed by atoms with E-state index in [1.54, 1.807) is 36.4 Å². The number of nitrogens with one attached hydrogen (secondary N) is 2. The average Bonchev–Trinajstić information content (AvgIpc) is 2.61. The quantitative estimate of drug-likeness (QED) is 0.802. The Morgan fingerprint density at radius 1 is 1.08 bits per heavy atom. The van der Waals surface area contributed by atoms with Crippen molar-refractivity contribution in [3.05, 3.63) is 58.1 Å². The van der Waals surface area contributed by atoms with Crippen molar-refractivity contribution in [1.29, 1.82) is 0 Å². The van der Waals surface area contributed by atoms with Crippen molar-refractivity contribution < 1.29 is 19.1 Å². The summed E-state index contributed by atoms with van der Waals surface area (Å²) >= 11 is 11.8. The minimum atomic E-state index is -0.852. The fourth-order valence-electron chi connectivity index (χ4n) is 2.24. The van der Waals surface area contributed by atoms with E-state index >= 15 is 0 Å². The van der Waals surface area contributed by atoms with Gasteiger partial charge in [0.1, 0.15) is 6.61 Å². The van der Waals surface area contributed by atoms with Crippen LogP contribution in [0.25, 0.3) is 0 Å². The van der Waals surface area contributed by atoms with Crippen LogP contribution in [0, 0.1) is 0 Å². The van der Waals surface area contributed by atoms with Crippen LogP contribution in [0.1, 0.15) is 5.56 Å². The van der Waals surface area contributed by atoms with Gasteiger partial charge in [-0.05, 0) is 29.8 Å². The molecule has 1 unspecified atom stereocenters. The highest BCUT2D eigenvalue weighted by atomic mass is 35.5. The van der Waals surface area contributed by atoms with E-state index in [1.807, 2.05) is 6.07 Å². The molecular weight excluding hydrogens is 367 g/mol. The van der Waals surface area contributed by atoms with Crippen molar-refractivity contribution in [2.24, 2.45) is 0 Å². The van der Waals surface area contributed by atoms with Crippen LogP contribution in [0.2, 0.25) is 10.0 Å². The van der Waals surface area contributed by atoms with E-state index in [-0.39, 0.29) is 13.0 Å². The molecule has 0 saturated carbocycles. The number of carbonyl (C=O) groups excluding carboxylic acids is 2. The summed E-state index contributed by atoms with van der Waals surface area (Å²) in [7, 11) is 0. The predicted molar refractivity (Wildman–Crippen MR) is 92.8 cm³/mol. The van der Waals surface area contributed by atoms with Crippen LogP contribution in [0.3, 0.4) is 0 Å². The lowest BCUT2D eigenvalue weighted by Crippen LogP contribution is -2.51. The van der Waals surface area contributed by atoms with Crippen LogP contribution in [0.15, 0.2) is 42.5 Å². The minimum absolute atomic E-state index is 0.00113. The first-order chi connectivity index (χ1) is 12.0. The van der Waals surface area contributed by atoms with Gasteiger partial charge in [-0.2, -0.15) is 0 Å². The van der Waals surface area contributed by atoms with E-state index in [4.69, 9.17) is 32.7 Å². The zero-order valence-electron chi connectivity index (χ0n) is 12.9. The molecule has 0 saturated heterocycles. The number of halogens is 2. The van der Waals surface area contributed by atoms with Gasteiger partial charge in [-0.3, -0.25) is 20.4 Å². The first kappa shape index (κ1) is 17.4. The average molecular weight is 381 g/mol. The third-order valence-corrected chi connectivity index (χ3v) is 4.08. The Kier molecular flexibility index (Phi) is 5.31. The molecule has 0 aromatic heterocycles. The molecule has 130 valence electrons. The van der Waals surface area contributed by atoms with Gasteiger partial charge in [0.2, 0.25) is 12.0 Å². The molecule has 1 aliphatic rings. The number of hydrogen-bond acceptors (Lipinski definition) is 4. The highest BCUT2D eigenvalue weighted by Crippen LogP contribution is 2.30. The van der Waals surface area contributed by atoms with Crippen molar-refractivity contribution in [2.45, 2.75) is 12.5 Å². The topological polar surface area (TPSA) is 76.7 Å². The zero-order valence-corrected chi connectivity index (χ0v) is 14.4. The van der Waals surface area contributed by atoms with Gasteiger partial charge < -0.3 is 9.47 Å². The van der Waals surface area contributed by atoms with E-state index in [1.165, 1.54) is 0 Å². The second kappa shape index (κ2) is 7.63. The highest BCUT2D eigenvalue weighted by Gasteiger charge is 2.27. The predicted octanol–water partition coefficient (Wildman–Crippen LogP) is 2.52. The van der Waals surface area contributed by atoms with Crippen LogP contribution < -0.4 is 20.3 Å². The largest absolute Gasteiger partial charge is 0.485 e. The normalized spacial score (nSPS) is 15.4. The van der Waals surface area contributed by atoms with E-state index in [2.05, 4.69) is 10.9 Å². The smallest absolute Gasteiger partial charge is 0.283 e. The molecule has 3 rings (SSSR count).